The number of ether oxygens (including phenoxy) is 7. The number of hydrogen-bond donors (Lipinski definition) is 1. The van der Waals surface area contributed by atoms with Crippen LogP contribution in [0.1, 0.15) is 45.7 Å². The van der Waals surface area contributed by atoms with Crippen LogP contribution in [0, 0.1) is 0 Å². The molecule has 6 aromatic rings. The molecule has 4 aliphatic rings. The number of phenols is 1. The van der Waals surface area contributed by atoms with E-state index < -0.39 is 11.6 Å². The van der Waals surface area contributed by atoms with Crippen LogP contribution in [0.5, 0.6) is 23.0 Å². The third kappa shape index (κ3) is 13.9. The summed E-state index contributed by atoms with van der Waals surface area (Å²) in [5.74, 6) is 0.292. The second kappa shape index (κ2) is 25.1. The van der Waals surface area contributed by atoms with Gasteiger partial charge in [-0.15, -0.1) is 0 Å². The van der Waals surface area contributed by atoms with Crippen molar-refractivity contribution in [1.82, 2.24) is 9.80 Å². The summed E-state index contributed by atoms with van der Waals surface area (Å²) in [5.41, 5.74) is 4.76. The van der Waals surface area contributed by atoms with Crippen LogP contribution in [0.25, 0.3) is 0 Å². The van der Waals surface area contributed by atoms with Crippen LogP contribution in [-0.4, -0.2) is 124 Å². The molecule has 0 bridgehead atoms. The largest absolute Gasteiger partial charge is 0.508 e. The third-order valence-corrected chi connectivity index (χ3v) is 14.8. The molecular weight excluding hydrogens is 1070 g/mol. The summed E-state index contributed by atoms with van der Waals surface area (Å²) in [7, 11) is 0. The first-order valence-corrected chi connectivity index (χ1v) is 26.9. The van der Waals surface area contributed by atoms with Crippen molar-refractivity contribution in [3.63, 3.8) is 0 Å². The first-order valence-electron chi connectivity index (χ1n) is 25.4. The minimum atomic E-state index is -0.954. The van der Waals surface area contributed by atoms with Crippen molar-refractivity contribution in [3.8, 4) is 23.0 Å². The number of carbonyl (C=O) groups excluding carboxylic acids is 2. The highest BCUT2D eigenvalue weighted by atomic mass is 35.5. The lowest BCUT2D eigenvalue weighted by atomic mass is 10.1. The molecule has 404 valence electrons. The van der Waals surface area contributed by atoms with E-state index in [-0.39, 0.29) is 29.8 Å². The zero-order chi connectivity index (χ0) is 54.1. The van der Waals surface area contributed by atoms with Gasteiger partial charge in [0.25, 0.3) is 11.8 Å². The highest BCUT2D eigenvalue weighted by molar-refractivity contribution is 6.35. The number of carbonyl (C=O) groups is 2. The van der Waals surface area contributed by atoms with E-state index in [4.69, 9.17) is 79.6 Å². The van der Waals surface area contributed by atoms with Crippen LogP contribution < -0.4 is 24.0 Å². The van der Waals surface area contributed by atoms with Gasteiger partial charge in [0.2, 0.25) is 0 Å². The van der Waals surface area contributed by atoms with Gasteiger partial charge in [-0.2, -0.15) is 0 Å². The summed E-state index contributed by atoms with van der Waals surface area (Å²) in [6.45, 7) is 14.7. The monoisotopic (exact) mass is 1120 g/mol. The molecule has 18 heteroatoms. The Morgan fingerprint density at radius 2 is 1.01 bits per heavy atom. The number of phenolic OH excluding ortho intramolecular Hbond substituents is 1. The topological polar surface area (TPSA) is 132 Å². The first-order chi connectivity index (χ1) is 37.1. The Morgan fingerprint density at radius 3 is 1.44 bits per heavy atom. The number of nitrogens with zero attached hydrogens (tertiary/aromatic N) is 4. The van der Waals surface area contributed by atoms with Crippen molar-refractivity contribution < 1.29 is 47.9 Å². The van der Waals surface area contributed by atoms with Gasteiger partial charge in [0.05, 0.1) is 23.3 Å². The van der Waals surface area contributed by atoms with Crippen LogP contribution in [0.3, 0.4) is 0 Å². The Labute approximate surface area is 469 Å². The normalized spacial score (nSPS) is 21.3. The molecule has 0 spiro atoms. The van der Waals surface area contributed by atoms with Gasteiger partial charge in [-0.25, -0.2) is 0 Å². The maximum Gasteiger partial charge on any atom is 0.254 e. The van der Waals surface area contributed by atoms with E-state index in [0.29, 0.717) is 96.2 Å². The molecule has 2 amide bonds. The second-order valence-corrected chi connectivity index (χ2v) is 20.8. The molecule has 4 aliphatic heterocycles. The van der Waals surface area contributed by atoms with E-state index in [1.807, 2.05) is 103 Å². The molecule has 4 fully saturated rings. The Hall–Kier alpha value is -6.20. The van der Waals surface area contributed by atoms with Crippen LogP contribution in [0.2, 0.25) is 20.1 Å². The van der Waals surface area contributed by atoms with E-state index in [1.165, 1.54) is 6.07 Å². The van der Waals surface area contributed by atoms with E-state index in [0.717, 1.165) is 60.2 Å². The molecule has 0 radical (unpaired) electrons. The molecule has 77 heavy (non-hydrogen) atoms. The van der Waals surface area contributed by atoms with Crippen molar-refractivity contribution in [2.24, 2.45) is 0 Å². The van der Waals surface area contributed by atoms with Gasteiger partial charge in [0, 0.05) is 96.0 Å². The molecule has 0 unspecified atom stereocenters. The fourth-order valence-corrected chi connectivity index (χ4v) is 10.7. The van der Waals surface area contributed by atoms with Crippen LogP contribution in [0.15, 0.2) is 146 Å². The maximum atomic E-state index is 13.0. The molecule has 0 aliphatic carbocycles. The fourth-order valence-electron chi connectivity index (χ4n) is 9.54. The van der Waals surface area contributed by atoms with Gasteiger partial charge in [0.15, 0.2) is 11.6 Å². The van der Waals surface area contributed by atoms with Crippen molar-refractivity contribution in [2.45, 2.75) is 37.6 Å². The predicted molar refractivity (Wildman–Crippen MR) is 300 cm³/mol. The lowest BCUT2D eigenvalue weighted by Crippen LogP contribution is -2.48. The Bertz CT molecular complexity index is 3010. The highest BCUT2D eigenvalue weighted by Gasteiger charge is 2.42. The number of hydrogen-bond acceptors (Lipinski definition) is 12. The predicted octanol–water partition coefficient (Wildman–Crippen LogP) is 11.5. The van der Waals surface area contributed by atoms with Crippen LogP contribution in [0.4, 0.5) is 11.4 Å². The fraction of sp³-hybridized carbons (Fsp3) is 0.322. The molecule has 0 saturated carbocycles. The number of anilines is 2. The summed E-state index contributed by atoms with van der Waals surface area (Å²) in [4.78, 5) is 34.0. The summed E-state index contributed by atoms with van der Waals surface area (Å²) >= 11 is 24.7. The minimum absolute atomic E-state index is 0.0139. The minimum Gasteiger partial charge on any atom is -0.508 e. The molecule has 4 atom stereocenters. The van der Waals surface area contributed by atoms with Gasteiger partial charge in [-0.05, 0) is 123 Å². The number of aromatic hydroxyl groups is 1. The van der Waals surface area contributed by atoms with Crippen LogP contribution in [-0.2, 0) is 30.5 Å². The van der Waals surface area contributed by atoms with Crippen LogP contribution >= 0.6 is 46.4 Å². The zero-order valence-electron chi connectivity index (χ0n) is 42.8. The zero-order valence-corrected chi connectivity index (χ0v) is 45.8. The number of benzene rings is 6. The standard InChI is InChI=1S/C31H32Cl2N2O5.C28H28Cl2N2O5/c1-3-17-37-26-6-4-5-22(18-26)30(36)35-15-13-34(14-16-35)24-8-10-25(11-9-24)38-20-27-21-39-31(2,40-27)28-12-7-23(32)19-29(28)33;1-28(25-10-5-20(29)16-26(25)30)36-18-24(37-28)17-35-23-8-6-21(7-9-23)31-11-13-32(14-12-31)27(34)19-3-2-4-22(33)15-19/h3-12,18-19,27H,1,13-17,20-21H2,2H3;2-10,15-16,24,33H,11-14,17-18H2,1H3/t27-,31+;24-,28+/m11/s1. The highest BCUT2D eigenvalue weighted by Crippen LogP contribution is 2.40. The molecule has 10 rings (SSSR count). The Kier molecular flexibility index (Phi) is 18.1. The summed E-state index contributed by atoms with van der Waals surface area (Å²) in [6, 6.07) is 40.2. The Morgan fingerprint density at radius 1 is 0.571 bits per heavy atom. The van der Waals surface area contributed by atoms with E-state index in [1.54, 1.807) is 54.6 Å². The van der Waals surface area contributed by atoms with E-state index >= 15 is 0 Å². The smallest absolute Gasteiger partial charge is 0.254 e. The number of rotatable bonds is 15. The van der Waals surface area contributed by atoms with Crippen molar-refractivity contribution in [1.29, 1.82) is 0 Å². The average molecular weight is 1130 g/mol. The maximum absolute atomic E-state index is 13.0. The van der Waals surface area contributed by atoms with E-state index in [9.17, 15) is 14.7 Å². The molecule has 6 aromatic carbocycles. The van der Waals surface area contributed by atoms with Gasteiger partial charge >= 0.3 is 0 Å². The molecule has 0 aromatic heterocycles. The Balaban J connectivity index is 0.000000188. The van der Waals surface area contributed by atoms with Crippen molar-refractivity contribution in [3.05, 3.63) is 188 Å². The lowest BCUT2D eigenvalue weighted by molar-refractivity contribution is -0.164. The molecular formula is C59H60Cl4N4O10. The summed E-state index contributed by atoms with van der Waals surface area (Å²) < 4.78 is 41.7. The average Bonchev–Trinajstić information content (AvgIpc) is 4.03. The molecule has 14 nitrogen and oxygen atoms in total. The summed E-state index contributed by atoms with van der Waals surface area (Å²) in [5, 5.41) is 11.8. The SMILES string of the molecule is C=CCOc1cccc(C(=O)N2CCN(c3ccc(OC[C@@H]4CO[C@](C)(c5ccc(Cl)cc5Cl)O4)cc3)CC2)c1.C[C@]1(c2ccc(Cl)cc2Cl)OC[C@@H](COc2ccc(N3CCN(C(=O)c4cccc(O)c4)CC3)cc2)O1. The number of piperazine rings is 2. The molecule has 4 heterocycles. The van der Waals surface area contributed by atoms with Crippen molar-refractivity contribution >= 4 is 69.6 Å². The van der Waals surface area contributed by atoms with Gasteiger partial charge in [0.1, 0.15) is 55.0 Å². The molecule has 1 N–H and O–H groups in total. The third-order valence-electron chi connectivity index (χ3n) is 13.7. The first kappa shape index (κ1) is 55.6. The van der Waals surface area contributed by atoms with E-state index in [2.05, 4.69) is 16.4 Å². The van der Waals surface area contributed by atoms with Gasteiger partial charge < -0.3 is 57.9 Å². The summed E-state index contributed by atoms with van der Waals surface area (Å²) in [6.07, 6.45) is 1.20. The quantitative estimate of drug-likeness (QED) is 0.0982. The van der Waals surface area contributed by atoms with Gasteiger partial charge in [-0.1, -0.05) is 83.3 Å². The second-order valence-electron chi connectivity index (χ2n) is 19.1. The number of halogens is 4. The lowest BCUT2D eigenvalue weighted by Gasteiger charge is -2.36. The molecule has 4 saturated heterocycles. The number of amides is 2. The van der Waals surface area contributed by atoms with Gasteiger partial charge in [-0.3, -0.25) is 9.59 Å². The van der Waals surface area contributed by atoms with Crippen molar-refractivity contribution in [2.75, 3.05) is 95.2 Å².